The van der Waals surface area contributed by atoms with Crippen molar-refractivity contribution in [3.05, 3.63) is 29.3 Å². The second-order valence-electron chi connectivity index (χ2n) is 4.98. The highest BCUT2D eigenvalue weighted by Crippen LogP contribution is 2.31. The van der Waals surface area contributed by atoms with Crippen LogP contribution in [0.3, 0.4) is 0 Å². The van der Waals surface area contributed by atoms with Crippen LogP contribution in [0.15, 0.2) is 29.2 Å². The Morgan fingerprint density at radius 3 is 2.83 bits per heavy atom. The number of hydrogen-bond donors (Lipinski definition) is 1. The first-order valence-corrected chi connectivity index (χ1v) is 8.27. The summed E-state index contributed by atoms with van der Waals surface area (Å²) in [7, 11) is 0. The fourth-order valence-corrected chi connectivity index (χ4v) is 4.13. The zero-order valence-electron chi connectivity index (χ0n) is 11.0. The van der Waals surface area contributed by atoms with Gasteiger partial charge in [-0.15, -0.1) is 11.8 Å². The van der Waals surface area contributed by atoms with Crippen molar-refractivity contribution in [2.45, 2.75) is 43.5 Å². The van der Waals surface area contributed by atoms with Gasteiger partial charge in [-0.3, -0.25) is 0 Å². The van der Waals surface area contributed by atoms with Gasteiger partial charge in [-0.2, -0.15) is 0 Å². The van der Waals surface area contributed by atoms with Crippen LogP contribution in [-0.2, 0) is 0 Å². The topological polar surface area (TPSA) is 12.0 Å². The summed E-state index contributed by atoms with van der Waals surface area (Å²) in [5.74, 6) is 2.02. The zero-order chi connectivity index (χ0) is 12.8. The molecule has 0 heterocycles. The fourth-order valence-electron chi connectivity index (χ4n) is 2.73. The van der Waals surface area contributed by atoms with Gasteiger partial charge in [0.2, 0.25) is 0 Å². The van der Waals surface area contributed by atoms with E-state index in [1.54, 1.807) is 0 Å². The van der Waals surface area contributed by atoms with E-state index in [0.29, 0.717) is 6.04 Å². The van der Waals surface area contributed by atoms with Crippen LogP contribution in [0.5, 0.6) is 0 Å². The Bertz CT molecular complexity index is 363. The van der Waals surface area contributed by atoms with E-state index < -0.39 is 0 Å². The minimum absolute atomic E-state index is 0.654. The van der Waals surface area contributed by atoms with Gasteiger partial charge in [-0.05, 0) is 43.5 Å². The predicted molar refractivity (Wildman–Crippen MR) is 81.6 cm³/mol. The Balaban J connectivity index is 1.88. The molecule has 1 N–H and O–H groups in total. The molecule has 0 saturated heterocycles. The molecule has 0 aromatic heterocycles. The van der Waals surface area contributed by atoms with E-state index in [-0.39, 0.29) is 0 Å². The summed E-state index contributed by atoms with van der Waals surface area (Å²) in [6.07, 6.45) is 5.62. The molecule has 0 spiro atoms. The molecule has 100 valence electrons. The van der Waals surface area contributed by atoms with Crippen LogP contribution in [-0.4, -0.2) is 18.3 Å². The van der Waals surface area contributed by atoms with E-state index >= 15 is 0 Å². The highest BCUT2D eigenvalue weighted by Gasteiger charge is 2.24. The van der Waals surface area contributed by atoms with Crippen LogP contribution < -0.4 is 5.32 Å². The summed E-state index contributed by atoms with van der Waals surface area (Å²) in [5, 5.41) is 4.49. The van der Waals surface area contributed by atoms with Gasteiger partial charge in [-0.1, -0.05) is 37.4 Å². The summed E-state index contributed by atoms with van der Waals surface area (Å²) in [4.78, 5) is 1.28. The fraction of sp³-hybridized carbons (Fsp3) is 0.600. The second kappa shape index (κ2) is 7.42. The third-order valence-electron chi connectivity index (χ3n) is 3.66. The molecule has 1 fully saturated rings. The van der Waals surface area contributed by atoms with E-state index in [2.05, 4.69) is 24.4 Å². The molecule has 0 radical (unpaired) electrons. The number of hydrogen-bond acceptors (Lipinski definition) is 2. The lowest BCUT2D eigenvalue weighted by molar-refractivity contribution is 0.394. The molecule has 1 atom stereocenters. The molecule has 3 heteroatoms. The van der Waals surface area contributed by atoms with Gasteiger partial charge in [0, 0.05) is 21.7 Å². The average molecular weight is 284 g/mol. The van der Waals surface area contributed by atoms with Crippen molar-refractivity contribution < 1.29 is 0 Å². The highest BCUT2D eigenvalue weighted by atomic mass is 35.5. The van der Waals surface area contributed by atoms with Gasteiger partial charge in [0.05, 0.1) is 0 Å². The van der Waals surface area contributed by atoms with Crippen LogP contribution >= 0.6 is 23.4 Å². The third-order valence-corrected chi connectivity index (χ3v) is 5.01. The Hall–Kier alpha value is -0.180. The van der Waals surface area contributed by atoms with Crippen molar-refractivity contribution in [3.8, 4) is 0 Å². The predicted octanol–water partition coefficient (Wildman–Crippen LogP) is 4.60. The van der Waals surface area contributed by atoms with Gasteiger partial charge in [0.1, 0.15) is 0 Å². The largest absolute Gasteiger partial charge is 0.313 e. The van der Waals surface area contributed by atoms with Gasteiger partial charge in [0.25, 0.3) is 0 Å². The van der Waals surface area contributed by atoms with Gasteiger partial charge < -0.3 is 5.32 Å². The number of rotatable bonds is 6. The molecule has 0 amide bonds. The summed E-state index contributed by atoms with van der Waals surface area (Å²) < 4.78 is 0. The van der Waals surface area contributed by atoms with Crippen LogP contribution in [0.1, 0.15) is 32.6 Å². The van der Waals surface area contributed by atoms with Crippen LogP contribution in [0.4, 0.5) is 0 Å². The van der Waals surface area contributed by atoms with E-state index in [0.717, 1.165) is 23.2 Å². The van der Waals surface area contributed by atoms with Crippen LogP contribution in [0, 0.1) is 5.92 Å². The summed E-state index contributed by atoms with van der Waals surface area (Å²) in [5.41, 5.74) is 0. The molecule has 1 aromatic rings. The SMILES string of the molecule is CCNC(CSc1cccc(Cl)c1)C1CCCC1. The number of halogens is 1. The van der Waals surface area contributed by atoms with E-state index in [4.69, 9.17) is 11.6 Å². The first kappa shape index (κ1) is 14.2. The highest BCUT2D eigenvalue weighted by molar-refractivity contribution is 7.99. The standard InChI is InChI=1S/C15H22ClNS/c1-2-17-15(12-6-3-4-7-12)11-18-14-9-5-8-13(16)10-14/h5,8-10,12,15,17H,2-4,6-7,11H2,1H3. The number of thioether (sulfide) groups is 1. The summed E-state index contributed by atoms with van der Waals surface area (Å²) in [6, 6.07) is 8.83. The van der Waals surface area contributed by atoms with E-state index in [9.17, 15) is 0 Å². The minimum atomic E-state index is 0.654. The maximum Gasteiger partial charge on any atom is 0.0417 e. The van der Waals surface area contributed by atoms with Crippen molar-refractivity contribution >= 4 is 23.4 Å². The Labute approximate surface area is 120 Å². The molecule has 1 nitrogen and oxygen atoms in total. The monoisotopic (exact) mass is 283 g/mol. The van der Waals surface area contributed by atoms with Crippen molar-refractivity contribution in [2.24, 2.45) is 5.92 Å². The lowest BCUT2D eigenvalue weighted by Gasteiger charge is -2.24. The lowest BCUT2D eigenvalue weighted by atomic mass is 10.00. The number of benzene rings is 1. The quantitative estimate of drug-likeness (QED) is 0.766. The van der Waals surface area contributed by atoms with Gasteiger partial charge >= 0.3 is 0 Å². The lowest BCUT2D eigenvalue weighted by Crippen LogP contribution is -2.37. The van der Waals surface area contributed by atoms with Crippen molar-refractivity contribution in [1.82, 2.24) is 5.32 Å². The van der Waals surface area contributed by atoms with E-state index in [1.807, 2.05) is 23.9 Å². The second-order valence-corrected chi connectivity index (χ2v) is 6.51. The Kier molecular flexibility index (Phi) is 5.87. The van der Waals surface area contributed by atoms with Crippen LogP contribution in [0.25, 0.3) is 0 Å². The van der Waals surface area contributed by atoms with Crippen molar-refractivity contribution in [1.29, 1.82) is 0 Å². The van der Waals surface area contributed by atoms with Gasteiger partial charge in [-0.25, -0.2) is 0 Å². The summed E-state index contributed by atoms with van der Waals surface area (Å²) >= 11 is 7.94. The summed E-state index contributed by atoms with van der Waals surface area (Å²) in [6.45, 7) is 3.27. The van der Waals surface area contributed by atoms with Crippen molar-refractivity contribution in [3.63, 3.8) is 0 Å². The smallest absolute Gasteiger partial charge is 0.0417 e. The molecule has 18 heavy (non-hydrogen) atoms. The van der Waals surface area contributed by atoms with Gasteiger partial charge in [0.15, 0.2) is 0 Å². The molecule has 1 unspecified atom stereocenters. The maximum absolute atomic E-state index is 6.02. The maximum atomic E-state index is 6.02. The molecule has 1 aliphatic carbocycles. The Morgan fingerprint density at radius 2 is 2.17 bits per heavy atom. The van der Waals surface area contributed by atoms with Crippen LogP contribution in [0.2, 0.25) is 5.02 Å². The third kappa shape index (κ3) is 4.18. The molecule has 1 saturated carbocycles. The number of nitrogens with one attached hydrogen (secondary N) is 1. The normalized spacial score (nSPS) is 18.1. The first-order chi connectivity index (χ1) is 8.79. The van der Waals surface area contributed by atoms with Crippen molar-refractivity contribution in [2.75, 3.05) is 12.3 Å². The molecule has 0 aliphatic heterocycles. The molecular weight excluding hydrogens is 262 g/mol. The average Bonchev–Trinajstić information content (AvgIpc) is 2.88. The Morgan fingerprint density at radius 1 is 1.39 bits per heavy atom. The molecular formula is C15H22ClNS. The molecule has 1 aliphatic rings. The minimum Gasteiger partial charge on any atom is -0.313 e. The molecule has 1 aromatic carbocycles. The first-order valence-electron chi connectivity index (χ1n) is 6.91. The zero-order valence-corrected chi connectivity index (χ0v) is 12.6. The molecule has 2 rings (SSSR count). The van der Waals surface area contributed by atoms with E-state index in [1.165, 1.54) is 30.6 Å². The molecule has 0 bridgehead atoms.